The molecule has 0 unspecified atom stereocenters. The Labute approximate surface area is 174 Å². The number of hydrogen-bond acceptors (Lipinski definition) is 7. The van der Waals surface area contributed by atoms with Crippen LogP contribution in [0.4, 0.5) is 16.2 Å². The number of pyridine rings is 1. The molecule has 0 amide bonds. The number of aromatic nitrogens is 3. The van der Waals surface area contributed by atoms with Crippen LogP contribution in [0.1, 0.15) is 25.3 Å². The van der Waals surface area contributed by atoms with E-state index in [-0.39, 0.29) is 17.7 Å². The van der Waals surface area contributed by atoms with E-state index in [4.69, 9.17) is 4.74 Å². The van der Waals surface area contributed by atoms with Gasteiger partial charge in [0.2, 0.25) is 5.95 Å². The largest absolute Gasteiger partial charge is 0.466 e. The summed E-state index contributed by atoms with van der Waals surface area (Å²) in [4.78, 5) is 27.7. The van der Waals surface area contributed by atoms with E-state index in [9.17, 15) is 9.18 Å². The molecule has 8 heteroatoms. The fourth-order valence-corrected chi connectivity index (χ4v) is 3.65. The lowest BCUT2D eigenvalue weighted by atomic mass is 9.97. The van der Waals surface area contributed by atoms with E-state index in [1.54, 1.807) is 24.5 Å². The maximum atomic E-state index is 13.0. The lowest BCUT2D eigenvalue weighted by Gasteiger charge is -2.32. The van der Waals surface area contributed by atoms with Gasteiger partial charge in [-0.3, -0.25) is 4.79 Å². The molecule has 0 atom stereocenters. The number of anilines is 2. The van der Waals surface area contributed by atoms with Crippen LogP contribution in [0.2, 0.25) is 0 Å². The third kappa shape index (κ3) is 4.48. The normalized spacial score (nSPS) is 14.7. The topological polar surface area (TPSA) is 80.2 Å². The molecule has 1 aromatic carbocycles. The lowest BCUT2D eigenvalue weighted by Crippen LogP contribution is -2.37. The summed E-state index contributed by atoms with van der Waals surface area (Å²) in [7, 11) is 0. The molecule has 0 radical (unpaired) electrons. The van der Waals surface area contributed by atoms with Gasteiger partial charge in [-0.1, -0.05) is 12.1 Å². The number of carbonyl (C=O) groups excluding carboxylic acids is 1. The summed E-state index contributed by atoms with van der Waals surface area (Å²) >= 11 is 0. The molecule has 1 aliphatic rings. The van der Waals surface area contributed by atoms with Gasteiger partial charge in [-0.15, -0.1) is 0 Å². The number of rotatable bonds is 6. The summed E-state index contributed by atoms with van der Waals surface area (Å²) in [6.07, 6.45) is 5.01. The van der Waals surface area contributed by atoms with E-state index in [1.165, 1.54) is 12.1 Å². The summed E-state index contributed by atoms with van der Waals surface area (Å²) < 4.78 is 18.2. The molecule has 1 N–H and O–H groups in total. The van der Waals surface area contributed by atoms with E-state index < -0.39 is 0 Å². The lowest BCUT2D eigenvalue weighted by molar-refractivity contribution is -0.148. The summed E-state index contributed by atoms with van der Waals surface area (Å²) in [6, 6.07) is 8.17. The monoisotopic (exact) mass is 409 g/mol. The van der Waals surface area contributed by atoms with Crippen LogP contribution in [0, 0.1) is 11.7 Å². The standard InChI is InChI=1S/C22H24FN5O2/c1-2-30-21(29)16-8-11-28(12-9-16)20-18-14-26-22(27-19(18)7-10-24-20)25-13-15-3-5-17(23)6-4-15/h3-7,10,14,16H,2,8-9,11-13H2,1H3,(H,25,26,27). The number of fused-ring (bicyclic) bond motifs is 1. The zero-order valence-electron chi connectivity index (χ0n) is 16.8. The first-order chi connectivity index (χ1) is 14.6. The number of benzene rings is 1. The smallest absolute Gasteiger partial charge is 0.309 e. The van der Waals surface area contributed by atoms with Gasteiger partial charge < -0.3 is 15.0 Å². The van der Waals surface area contributed by atoms with Crippen LogP contribution in [0.25, 0.3) is 10.9 Å². The molecule has 3 heterocycles. The summed E-state index contributed by atoms with van der Waals surface area (Å²) in [5, 5.41) is 4.05. The van der Waals surface area contributed by atoms with Gasteiger partial charge in [-0.25, -0.2) is 19.3 Å². The van der Waals surface area contributed by atoms with E-state index in [0.29, 0.717) is 19.1 Å². The Kier molecular flexibility index (Phi) is 6.02. The average Bonchev–Trinajstić information content (AvgIpc) is 2.78. The van der Waals surface area contributed by atoms with Crippen LogP contribution < -0.4 is 10.2 Å². The quantitative estimate of drug-likeness (QED) is 0.624. The first-order valence-corrected chi connectivity index (χ1v) is 10.2. The number of piperidine rings is 1. The fraction of sp³-hybridized carbons (Fsp3) is 0.364. The second kappa shape index (κ2) is 9.02. The number of carbonyl (C=O) groups is 1. The Balaban J connectivity index is 1.45. The number of hydrogen-bond donors (Lipinski definition) is 1. The Morgan fingerprint density at radius 2 is 1.97 bits per heavy atom. The molecule has 4 rings (SSSR count). The number of esters is 1. The van der Waals surface area contributed by atoms with Gasteiger partial charge in [0.1, 0.15) is 11.6 Å². The highest BCUT2D eigenvalue weighted by atomic mass is 19.1. The molecule has 0 spiro atoms. The SMILES string of the molecule is CCOC(=O)C1CCN(c2nccc3nc(NCc4ccc(F)cc4)ncc23)CC1. The predicted molar refractivity (Wildman–Crippen MR) is 113 cm³/mol. The summed E-state index contributed by atoms with van der Waals surface area (Å²) in [6.45, 7) is 4.22. The molecule has 1 saturated heterocycles. The molecule has 0 bridgehead atoms. The van der Waals surface area contributed by atoms with Crippen LogP contribution in [-0.4, -0.2) is 40.6 Å². The molecule has 0 saturated carbocycles. The molecule has 7 nitrogen and oxygen atoms in total. The van der Waals surface area contributed by atoms with Crippen molar-refractivity contribution in [2.45, 2.75) is 26.3 Å². The van der Waals surface area contributed by atoms with Crippen molar-refractivity contribution in [2.24, 2.45) is 5.92 Å². The van der Waals surface area contributed by atoms with Crippen LogP contribution in [0.3, 0.4) is 0 Å². The first kappa shape index (κ1) is 20.0. The average molecular weight is 409 g/mol. The zero-order valence-corrected chi connectivity index (χ0v) is 16.8. The Morgan fingerprint density at radius 3 is 2.70 bits per heavy atom. The number of nitrogens with zero attached hydrogens (tertiary/aromatic N) is 4. The zero-order chi connectivity index (χ0) is 20.9. The van der Waals surface area contributed by atoms with Gasteiger partial charge in [-0.05, 0) is 43.5 Å². The van der Waals surface area contributed by atoms with Crippen molar-refractivity contribution in [3.05, 3.63) is 54.1 Å². The van der Waals surface area contributed by atoms with Crippen molar-refractivity contribution >= 4 is 28.6 Å². The molecule has 1 fully saturated rings. The van der Waals surface area contributed by atoms with Gasteiger partial charge in [0.25, 0.3) is 0 Å². The molecule has 1 aliphatic heterocycles. The first-order valence-electron chi connectivity index (χ1n) is 10.2. The predicted octanol–water partition coefficient (Wildman–Crippen LogP) is 3.56. The molecule has 3 aromatic rings. The van der Waals surface area contributed by atoms with Gasteiger partial charge in [0.15, 0.2) is 0 Å². The Hall–Kier alpha value is -3.29. The third-order valence-electron chi connectivity index (χ3n) is 5.27. The molecular weight excluding hydrogens is 385 g/mol. The maximum absolute atomic E-state index is 13.0. The van der Waals surface area contributed by atoms with E-state index >= 15 is 0 Å². The van der Waals surface area contributed by atoms with E-state index in [1.807, 2.05) is 13.0 Å². The summed E-state index contributed by atoms with van der Waals surface area (Å²) in [5.41, 5.74) is 1.74. The van der Waals surface area contributed by atoms with E-state index in [0.717, 1.165) is 48.2 Å². The number of halogens is 1. The highest BCUT2D eigenvalue weighted by molar-refractivity contribution is 5.89. The molecule has 2 aromatic heterocycles. The molecule has 0 aliphatic carbocycles. The number of ether oxygens (including phenoxy) is 1. The van der Waals surface area contributed by atoms with Crippen molar-refractivity contribution in [2.75, 3.05) is 29.9 Å². The molecule has 156 valence electrons. The van der Waals surface area contributed by atoms with Gasteiger partial charge in [-0.2, -0.15) is 0 Å². The van der Waals surface area contributed by atoms with Gasteiger partial charge in [0, 0.05) is 32.0 Å². The minimum absolute atomic E-state index is 0.0466. The second-order valence-corrected chi connectivity index (χ2v) is 7.25. The van der Waals surface area contributed by atoms with Gasteiger partial charge >= 0.3 is 5.97 Å². The second-order valence-electron chi connectivity index (χ2n) is 7.25. The van der Waals surface area contributed by atoms with Crippen molar-refractivity contribution in [3.63, 3.8) is 0 Å². The molecule has 30 heavy (non-hydrogen) atoms. The van der Waals surface area contributed by atoms with Crippen molar-refractivity contribution < 1.29 is 13.9 Å². The maximum Gasteiger partial charge on any atom is 0.309 e. The van der Waals surface area contributed by atoms with E-state index in [2.05, 4.69) is 25.2 Å². The van der Waals surface area contributed by atoms with Gasteiger partial charge in [0.05, 0.1) is 23.4 Å². The highest BCUT2D eigenvalue weighted by Gasteiger charge is 2.27. The van der Waals surface area contributed by atoms with Crippen LogP contribution >= 0.6 is 0 Å². The van der Waals surface area contributed by atoms with Crippen molar-refractivity contribution in [3.8, 4) is 0 Å². The highest BCUT2D eigenvalue weighted by Crippen LogP contribution is 2.28. The van der Waals surface area contributed by atoms with Crippen molar-refractivity contribution in [1.82, 2.24) is 15.0 Å². The van der Waals surface area contributed by atoms with Crippen LogP contribution in [-0.2, 0) is 16.1 Å². The number of nitrogens with one attached hydrogen (secondary N) is 1. The van der Waals surface area contributed by atoms with Crippen LogP contribution in [0.5, 0.6) is 0 Å². The minimum atomic E-state index is -0.257. The van der Waals surface area contributed by atoms with Crippen molar-refractivity contribution in [1.29, 1.82) is 0 Å². The minimum Gasteiger partial charge on any atom is -0.466 e. The summed E-state index contributed by atoms with van der Waals surface area (Å²) in [5.74, 6) is 0.926. The van der Waals surface area contributed by atoms with Crippen LogP contribution in [0.15, 0.2) is 42.7 Å². The Bertz CT molecular complexity index is 1020. The Morgan fingerprint density at radius 1 is 1.20 bits per heavy atom. The molecular formula is C22H24FN5O2. The fourth-order valence-electron chi connectivity index (χ4n) is 3.65. The third-order valence-corrected chi connectivity index (χ3v) is 5.27.